The number of pyridine rings is 1. The third-order valence-electron chi connectivity index (χ3n) is 4.25. The third kappa shape index (κ3) is 3.71. The Labute approximate surface area is 163 Å². The predicted octanol–water partition coefficient (Wildman–Crippen LogP) is 4.28. The number of benzene rings is 2. The number of anilines is 2. The number of carbonyl (C=O) groups excluding carboxylic acids is 1. The van der Waals surface area contributed by atoms with Crippen LogP contribution >= 0.6 is 0 Å². The summed E-state index contributed by atoms with van der Waals surface area (Å²) in [7, 11) is 0. The normalized spacial score (nSPS) is 11.0. The minimum atomic E-state index is -0.0742. The van der Waals surface area contributed by atoms with Crippen LogP contribution in [0.1, 0.15) is 24.2 Å². The first-order valence-corrected chi connectivity index (χ1v) is 9.19. The van der Waals surface area contributed by atoms with Crippen molar-refractivity contribution in [1.82, 2.24) is 19.9 Å². The number of nitrogens with one attached hydrogen (secondary N) is 2. The fourth-order valence-electron chi connectivity index (χ4n) is 2.97. The van der Waals surface area contributed by atoms with Gasteiger partial charge in [-0.15, -0.1) is 5.10 Å². The molecule has 2 aromatic carbocycles. The van der Waals surface area contributed by atoms with Crippen LogP contribution in [-0.4, -0.2) is 26.5 Å². The summed E-state index contributed by atoms with van der Waals surface area (Å²) in [5.41, 5.74) is 4.18. The minimum absolute atomic E-state index is 0.0742. The Balaban J connectivity index is 1.64. The predicted molar refractivity (Wildman–Crippen MR) is 111 cm³/mol. The Morgan fingerprint density at radius 3 is 2.39 bits per heavy atom. The van der Waals surface area contributed by atoms with E-state index >= 15 is 0 Å². The Morgan fingerprint density at radius 1 is 0.929 bits per heavy atom. The highest BCUT2D eigenvalue weighted by Gasteiger charge is 2.11. The van der Waals surface area contributed by atoms with Gasteiger partial charge in [0.15, 0.2) is 5.65 Å². The molecule has 140 valence electrons. The molecule has 0 aliphatic heterocycles. The van der Waals surface area contributed by atoms with E-state index in [1.807, 2.05) is 86.6 Å². The van der Waals surface area contributed by atoms with E-state index in [-0.39, 0.29) is 11.9 Å². The van der Waals surface area contributed by atoms with Gasteiger partial charge in [-0.25, -0.2) is 4.52 Å². The van der Waals surface area contributed by atoms with Crippen LogP contribution < -0.4 is 10.6 Å². The van der Waals surface area contributed by atoms with Gasteiger partial charge in [0, 0.05) is 22.9 Å². The molecule has 0 radical (unpaired) electrons. The molecule has 4 aromatic rings. The molecule has 2 N–H and O–H groups in total. The molecule has 4 rings (SSSR count). The highest BCUT2D eigenvalue weighted by Crippen LogP contribution is 2.22. The van der Waals surface area contributed by atoms with Gasteiger partial charge >= 0.3 is 0 Å². The Bertz CT molecular complexity index is 1100. The highest BCUT2D eigenvalue weighted by molar-refractivity contribution is 5.94. The van der Waals surface area contributed by atoms with Gasteiger partial charge in [-0.05, 0) is 50.2 Å². The van der Waals surface area contributed by atoms with E-state index in [4.69, 9.17) is 0 Å². The summed E-state index contributed by atoms with van der Waals surface area (Å²) >= 11 is 0. The lowest BCUT2D eigenvalue weighted by Crippen LogP contribution is -2.29. The van der Waals surface area contributed by atoms with Crippen molar-refractivity contribution in [1.29, 1.82) is 0 Å². The lowest BCUT2D eigenvalue weighted by Gasteiger charge is -2.09. The van der Waals surface area contributed by atoms with Crippen LogP contribution in [0.5, 0.6) is 0 Å². The molecule has 0 atom stereocenters. The molecule has 0 unspecified atom stereocenters. The number of nitrogens with zero attached hydrogens (tertiary/aromatic N) is 3. The number of fused-ring (bicyclic) bond motifs is 1. The van der Waals surface area contributed by atoms with E-state index in [9.17, 15) is 4.79 Å². The van der Waals surface area contributed by atoms with Crippen molar-refractivity contribution in [3.8, 4) is 11.3 Å². The van der Waals surface area contributed by atoms with Gasteiger partial charge in [0.25, 0.3) is 5.91 Å². The zero-order valence-corrected chi connectivity index (χ0v) is 15.8. The van der Waals surface area contributed by atoms with Crippen molar-refractivity contribution in [2.24, 2.45) is 0 Å². The van der Waals surface area contributed by atoms with Crippen LogP contribution in [0.2, 0.25) is 0 Å². The van der Waals surface area contributed by atoms with Crippen molar-refractivity contribution in [3.05, 3.63) is 78.4 Å². The first-order chi connectivity index (χ1) is 13.6. The zero-order valence-electron chi connectivity index (χ0n) is 15.8. The molecule has 0 spiro atoms. The minimum Gasteiger partial charge on any atom is -0.350 e. The van der Waals surface area contributed by atoms with Crippen LogP contribution in [-0.2, 0) is 0 Å². The second kappa shape index (κ2) is 7.52. The van der Waals surface area contributed by atoms with E-state index < -0.39 is 0 Å². The summed E-state index contributed by atoms with van der Waals surface area (Å²) in [5.74, 6) is 0.460. The highest BCUT2D eigenvalue weighted by atomic mass is 16.1. The van der Waals surface area contributed by atoms with Crippen LogP contribution in [0, 0.1) is 0 Å². The van der Waals surface area contributed by atoms with E-state index in [0.29, 0.717) is 11.5 Å². The second-order valence-electron chi connectivity index (χ2n) is 6.81. The van der Waals surface area contributed by atoms with Crippen LogP contribution in [0.15, 0.2) is 72.8 Å². The summed E-state index contributed by atoms with van der Waals surface area (Å²) in [5, 5.41) is 10.7. The first kappa shape index (κ1) is 17.7. The molecule has 2 heterocycles. The summed E-state index contributed by atoms with van der Waals surface area (Å²) in [6.07, 6.45) is 0. The molecule has 6 nitrogen and oxygen atoms in total. The average Bonchev–Trinajstić information content (AvgIpc) is 3.11. The average molecular weight is 371 g/mol. The van der Waals surface area contributed by atoms with Gasteiger partial charge < -0.3 is 10.6 Å². The standard InChI is InChI=1S/C22H21N5O/c1-15(2)23-21(28)17-13-11-16(12-14-17)19-9-6-10-20-25-22(26-27(19)20)24-18-7-4-3-5-8-18/h3-15H,1-2H3,(H,23,28)(H,24,26). The molecule has 1 amide bonds. The van der Waals surface area contributed by atoms with Crippen LogP contribution in [0.4, 0.5) is 11.6 Å². The van der Waals surface area contributed by atoms with Crippen molar-refractivity contribution < 1.29 is 4.79 Å². The van der Waals surface area contributed by atoms with Gasteiger partial charge in [0.05, 0.1) is 5.69 Å². The number of aromatic nitrogens is 3. The number of rotatable bonds is 5. The Hall–Kier alpha value is -3.67. The van der Waals surface area contributed by atoms with Crippen LogP contribution in [0.3, 0.4) is 0 Å². The smallest absolute Gasteiger partial charge is 0.251 e. The molecule has 0 aliphatic carbocycles. The third-order valence-corrected chi connectivity index (χ3v) is 4.25. The van der Waals surface area contributed by atoms with Crippen LogP contribution in [0.25, 0.3) is 16.9 Å². The van der Waals surface area contributed by atoms with Gasteiger partial charge in [-0.3, -0.25) is 4.79 Å². The van der Waals surface area contributed by atoms with Gasteiger partial charge in [-0.1, -0.05) is 36.4 Å². The summed E-state index contributed by atoms with van der Waals surface area (Å²) < 4.78 is 1.80. The van der Waals surface area contributed by atoms with Crippen molar-refractivity contribution >= 4 is 23.2 Å². The largest absolute Gasteiger partial charge is 0.350 e. The molecule has 0 saturated carbocycles. The maximum Gasteiger partial charge on any atom is 0.251 e. The molecule has 0 aliphatic rings. The quantitative estimate of drug-likeness (QED) is 0.549. The maximum absolute atomic E-state index is 12.1. The first-order valence-electron chi connectivity index (χ1n) is 9.19. The van der Waals surface area contributed by atoms with E-state index in [1.165, 1.54) is 0 Å². The molecule has 6 heteroatoms. The number of carbonyl (C=O) groups is 1. The van der Waals surface area contributed by atoms with Gasteiger partial charge in [0.2, 0.25) is 5.95 Å². The number of hydrogen-bond acceptors (Lipinski definition) is 4. The fraction of sp³-hybridized carbons (Fsp3) is 0.136. The van der Waals surface area contributed by atoms with E-state index in [0.717, 1.165) is 22.6 Å². The fourth-order valence-corrected chi connectivity index (χ4v) is 2.97. The van der Waals surface area contributed by atoms with Crippen molar-refractivity contribution in [2.75, 3.05) is 5.32 Å². The summed E-state index contributed by atoms with van der Waals surface area (Å²) in [6, 6.07) is 23.3. The number of amides is 1. The Kier molecular flexibility index (Phi) is 4.76. The summed E-state index contributed by atoms with van der Waals surface area (Å²) in [6.45, 7) is 3.89. The molecule has 28 heavy (non-hydrogen) atoms. The zero-order chi connectivity index (χ0) is 19.5. The lowest BCUT2D eigenvalue weighted by atomic mass is 10.1. The number of para-hydroxylation sites is 1. The molecular weight excluding hydrogens is 350 g/mol. The monoisotopic (exact) mass is 371 g/mol. The van der Waals surface area contributed by atoms with Crippen molar-refractivity contribution in [2.45, 2.75) is 19.9 Å². The van der Waals surface area contributed by atoms with Crippen molar-refractivity contribution in [3.63, 3.8) is 0 Å². The lowest BCUT2D eigenvalue weighted by molar-refractivity contribution is 0.0943. The Morgan fingerprint density at radius 2 is 1.68 bits per heavy atom. The van der Waals surface area contributed by atoms with E-state index in [2.05, 4.69) is 20.7 Å². The molecule has 0 saturated heterocycles. The number of hydrogen-bond donors (Lipinski definition) is 2. The SMILES string of the molecule is CC(C)NC(=O)c1ccc(-c2cccc3nc(Nc4ccccc4)nn23)cc1. The maximum atomic E-state index is 12.1. The molecule has 0 bridgehead atoms. The van der Waals surface area contributed by atoms with E-state index in [1.54, 1.807) is 4.52 Å². The topological polar surface area (TPSA) is 71.3 Å². The molecule has 0 fully saturated rings. The van der Waals surface area contributed by atoms with Gasteiger partial charge in [0.1, 0.15) is 0 Å². The second-order valence-corrected chi connectivity index (χ2v) is 6.81. The van der Waals surface area contributed by atoms with Gasteiger partial charge in [-0.2, -0.15) is 4.98 Å². The molecular formula is C22H21N5O. The summed E-state index contributed by atoms with van der Waals surface area (Å²) in [4.78, 5) is 16.7. The molecule has 2 aromatic heterocycles.